The number of fused-ring (bicyclic) bond motifs is 1. The number of para-hydroxylation sites is 1. The molecule has 0 aliphatic rings. The third-order valence-electron chi connectivity index (χ3n) is 5.55. The lowest BCUT2D eigenvalue weighted by Gasteiger charge is -2.29. The van der Waals surface area contributed by atoms with E-state index in [1.54, 1.807) is 38.4 Å². The lowest BCUT2D eigenvalue weighted by Crippen LogP contribution is -2.41. The van der Waals surface area contributed by atoms with E-state index in [-0.39, 0.29) is 11.8 Å². The van der Waals surface area contributed by atoms with Crippen LogP contribution in [-0.4, -0.2) is 41.4 Å². The Morgan fingerprint density at radius 1 is 1.19 bits per heavy atom. The van der Waals surface area contributed by atoms with Gasteiger partial charge in [0.15, 0.2) is 17.0 Å². The van der Waals surface area contributed by atoms with Gasteiger partial charge < -0.3 is 25.4 Å². The number of hydrogen-bond donors (Lipinski definition) is 4. The van der Waals surface area contributed by atoms with Gasteiger partial charge in [0.05, 0.1) is 23.0 Å². The lowest BCUT2D eigenvalue weighted by molar-refractivity contribution is 0.0577. The normalized spacial score (nSPS) is 12.8. The highest BCUT2D eigenvalue weighted by atomic mass is 35.5. The van der Waals surface area contributed by atoms with Gasteiger partial charge in [0, 0.05) is 18.7 Å². The van der Waals surface area contributed by atoms with Gasteiger partial charge in [0.2, 0.25) is 5.95 Å². The fourth-order valence-corrected chi connectivity index (χ4v) is 3.84. The number of imidazole rings is 1. The first-order chi connectivity index (χ1) is 15.2. The highest BCUT2D eigenvalue weighted by molar-refractivity contribution is 6.32. The van der Waals surface area contributed by atoms with Crippen LogP contribution in [0.15, 0.2) is 24.5 Å². The predicted molar refractivity (Wildman–Crippen MR) is 129 cm³/mol. The molecule has 0 aliphatic heterocycles. The summed E-state index contributed by atoms with van der Waals surface area (Å²) < 4.78 is 2.03. The van der Waals surface area contributed by atoms with E-state index in [1.165, 1.54) is 0 Å². The molecule has 2 heterocycles. The topological polar surface area (TPSA) is 108 Å². The quantitative estimate of drug-likeness (QED) is 0.300. The summed E-state index contributed by atoms with van der Waals surface area (Å²) in [5.41, 5.74) is 1.10. The molecule has 0 radical (unpaired) electrons. The van der Waals surface area contributed by atoms with Crippen molar-refractivity contribution in [1.82, 2.24) is 19.5 Å². The van der Waals surface area contributed by atoms with Gasteiger partial charge in [-0.2, -0.15) is 9.97 Å². The average Bonchev–Trinajstić information content (AvgIpc) is 3.15. The van der Waals surface area contributed by atoms with E-state index < -0.39 is 5.60 Å². The Labute approximate surface area is 194 Å². The molecule has 9 heteroatoms. The Bertz CT molecular complexity index is 1050. The van der Waals surface area contributed by atoms with Crippen molar-refractivity contribution in [2.45, 2.75) is 78.1 Å². The Kier molecular flexibility index (Phi) is 7.79. The summed E-state index contributed by atoms with van der Waals surface area (Å²) in [7, 11) is 0. The van der Waals surface area contributed by atoms with E-state index in [4.69, 9.17) is 16.6 Å². The smallest absolute Gasteiger partial charge is 0.227 e. The standard InChI is InChI=1S/C23H33ClN6O2/c1-5-7-8-12-30-14-26-18-20(25-13-15-10-9-11-16(24)19(15)31)28-22(29-21(18)30)27-17(6-2)23(3,4)32/h9-11,14,17,31-32H,5-8,12-13H2,1-4H3,(H2,25,27,28,29). The SMILES string of the molecule is CCCCCn1cnc2c(NCc3cccc(Cl)c3O)nc(NC(CC)C(C)(C)O)nc21. The highest BCUT2D eigenvalue weighted by Gasteiger charge is 2.26. The van der Waals surface area contributed by atoms with Crippen LogP contribution in [0.3, 0.4) is 0 Å². The van der Waals surface area contributed by atoms with Gasteiger partial charge in [-0.15, -0.1) is 0 Å². The van der Waals surface area contributed by atoms with E-state index in [2.05, 4.69) is 27.5 Å². The van der Waals surface area contributed by atoms with Crippen LogP contribution < -0.4 is 10.6 Å². The second-order valence-corrected chi connectivity index (χ2v) is 8.98. The average molecular weight is 461 g/mol. The van der Waals surface area contributed by atoms with E-state index in [9.17, 15) is 10.2 Å². The Hall–Kier alpha value is -2.58. The number of nitrogens with one attached hydrogen (secondary N) is 2. The fraction of sp³-hybridized carbons (Fsp3) is 0.522. The fourth-order valence-electron chi connectivity index (χ4n) is 3.64. The minimum Gasteiger partial charge on any atom is -0.506 e. The molecular formula is C23H33ClN6O2. The van der Waals surface area contributed by atoms with Crippen LogP contribution in [0.1, 0.15) is 58.9 Å². The van der Waals surface area contributed by atoms with Crippen LogP contribution in [0.2, 0.25) is 5.02 Å². The second-order valence-electron chi connectivity index (χ2n) is 8.57. The summed E-state index contributed by atoms with van der Waals surface area (Å²) in [5.74, 6) is 1.02. The summed E-state index contributed by atoms with van der Waals surface area (Å²) in [6, 6.07) is 5.02. The van der Waals surface area contributed by atoms with Crippen LogP contribution >= 0.6 is 11.6 Å². The van der Waals surface area contributed by atoms with Crippen LogP contribution in [0.5, 0.6) is 5.75 Å². The Morgan fingerprint density at radius 2 is 1.97 bits per heavy atom. The molecular weight excluding hydrogens is 428 g/mol. The number of rotatable bonds is 11. The van der Waals surface area contributed by atoms with E-state index in [0.717, 1.165) is 31.5 Å². The summed E-state index contributed by atoms with van der Waals surface area (Å²) >= 11 is 6.04. The monoisotopic (exact) mass is 460 g/mol. The van der Waals surface area contributed by atoms with Crippen molar-refractivity contribution in [3.05, 3.63) is 35.1 Å². The van der Waals surface area contributed by atoms with Gasteiger partial charge >= 0.3 is 0 Å². The first-order valence-electron chi connectivity index (χ1n) is 11.2. The molecule has 174 valence electrons. The molecule has 0 amide bonds. The van der Waals surface area contributed by atoms with Gasteiger partial charge in [0.1, 0.15) is 5.75 Å². The molecule has 3 aromatic rings. The molecule has 8 nitrogen and oxygen atoms in total. The molecule has 1 aromatic carbocycles. The number of aromatic hydroxyl groups is 1. The molecule has 4 N–H and O–H groups in total. The maximum absolute atomic E-state index is 10.5. The summed E-state index contributed by atoms with van der Waals surface area (Å²) in [5, 5.41) is 27.6. The maximum Gasteiger partial charge on any atom is 0.227 e. The molecule has 0 saturated heterocycles. The third-order valence-corrected chi connectivity index (χ3v) is 5.85. The van der Waals surface area contributed by atoms with Crippen molar-refractivity contribution < 1.29 is 10.2 Å². The largest absolute Gasteiger partial charge is 0.506 e. The van der Waals surface area contributed by atoms with Crippen molar-refractivity contribution in [1.29, 1.82) is 0 Å². The third kappa shape index (κ3) is 5.61. The summed E-state index contributed by atoms with van der Waals surface area (Å²) in [6.07, 6.45) is 5.79. The number of aliphatic hydroxyl groups is 1. The molecule has 0 bridgehead atoms. The minimum absolute atomic E-state index is 0.0449. The van der Waals surface area contributed by atoms with Crippen LogP contribution in [0.25, 0.3) is 11.2 Å². The van der Waals surface area contributed by atoms with Crippen molar-refractivity contribution in [2.24, 2.45) is 0 Å². The van der Waals surface area contributed by atoms with Gasteiger partial charge in [-0.3, -0.25) is 0 Å². The van der Waals surface area contributed by atoms with Crippen LogP contribution in [0.4, 0.5) is 11.8 Å². The zero-order valence-electron chi connectivity index (χ0n) is 19.2. The van der Waals surface area contributed by atoms with E-state index in [1.807, 2.05) is 11.5 Å². The number of benzene rings is 1. The Morgan fingerprint density at radius 3 is 2.66 bits per heavy atom. The number of aromatic nitrogens is 4. The van der Waals surface area contributed by atoms with E-state index >= 15 is 0 Å². The number of hydrogen-bond acceptors (Lipinski definition) is 7. The van der Waals surface area contributed by atoms with Gasteiger partial charge in [0.25, 0.3) is 0 Å². The number of aryl methyl sites for hydroxylation is 1. The van der Waals surface area contributed by atoms with Crippen molar-refractivity contribution in [2.75, 3.05) is 10.6 Å². The zero-order chi connectivity index (χ0) is 23.3. The zero-order valence-corrected chi connectivity index (χ0v) is 19.9. The summed E-state index contributed by atoms with van der Waals surface area (Å²) in [6.45, 7) is 8.85. The Balaban J connectivity index is 1.96. The number of anilines is 2. The highest BCUT2D eigenvalue weighted by Crippen LogP contribution is 2.29. The first kappa shape index (κ1) is 24.1. The number of phenols is 1. The number of halogens is 1. The molecule has 32 heavy (non-hydrogen) atoms. The van der Waals surface area contributed by atoms with Crippen molar-refractivity contribution >= 4 is 34.5 Å². The molecule has 0 aliphatic carbocycles. The molecule has 1 unspecified atom stereocenters. The lowest BCUT2D eigenvalue weighted by atomic mass is 9.97. The first-order valence-corrected chi connectivity index (χ1v) is 11.5. The molecule has 0 saturated carbocycles. The molecule has 2 aromatic heterocycles. The molecule has 1 atom stereocenters. The number of phenolic OH excluding ortho intramolecular Hbond substituents is 1. The van der Waals surface area contributed by atoms with Crippen LogP contribution in [0, 0.1) is 0 Å². The molecule has 0 spiro atoms. The molecule has 0 fully saturated rings. The predicted octanol–water partition coefficient (Wildman–Crippen LogP) is 4.95. The van der Waals surface area contributed by atoms with Crippen LogP contribution in [-0.2, 0) is 13.1 Å². The summed E-state index contributed by atoms with van der Waals surface area (Å²) in [4.78, 5) is 13.9. The van der Waals surface area contributed by atoms with Gasteiger partial charge in [-0.05, 0) is 32.8 Å². The van der Waals surface area contributed by atoms with Gasteiger partial charge in [-0.25, -0.2) is 4.98 Å². The van der Waals surface area contributed by atoms with Gasteiger partial charge in [-0.1, -0.05) is 50.4 Å². The maximum atomic E-state index is 10.5. The number of unbranched alkanes of at least 4 members (excludes halogenated alkanes) is 2. The minimum atomic E-state index is -0.936. The van der Waals surface area contributed by atoms with Crippen molar-refractivity contribution in [3.63, 3.8) is 0 Å². The second kappa shape index (κ2) is 10.4. The van der Waals surface area contributed by atoms with Crippen molar-refractivity contribution in [3.8, 4) is 5.75 Å². The number of nitrogens with zero attached hydrogens (tertiary/aromatic N) is 4. The molecule has 3 rings (SSSR count). The van der Waals surface area contributed by atoms with E-state index in [0.29, 0.717) is 40.8 Å².